The number of aromatic nitrogens is 5. The fourth-order valence-corrected chi connectivity index (χ4v) is 3.47. The number of hydrogen-bond acceptors (Lipinski definition) is 7. The third-order valence-electron chi connectivity index (χ3n) is 3.28. The molecule has 0 aliphatic heterocycles. The number of nitrogens with zero attached hydrogens (tertiary/aromatic N) is 4. The lowest BCUT2D eigenvalue weighted by molar-refractivity contribution is 0.112. The maximum absolute atomic E-state index is 11.2. The Hall–Kier alpha value is -2.98. The molecule has 2 aromatic heterocycles. The summed E-state index contributed by atoms with van der Waals surface area (Å²) >= 11 is 7.59. The predicted octanol–water partition coefficient (Wildman–Crippen LogP) is 2.65. The van der Waals surface area contributed by atoms with Gasteiger partial charge >= 0.3 is 6.09 Å². The Morgan fingerprint density at radius 1 is 1.42 bits per heavy atom. The lowest BCUT2D eigenvalue weighted by Crippen LogP contribution is -2.20. The van der Waals surface area contributed by atoms with Crippen LogP contribution >= 0.6 is 23.4 Å². The second kappa shape index (κ2) is 7.93. The zero-order chi connectivity index (χ0) is 18.5. The molecule has 0 spiro atoms. The normalized spacial score (nSPS) is 10.5. The van der Waals surface area contributed by atoms with Crippen LogP contribution in [0.1, 0.15) is 15.9 Å². The number of pyridine rings is 1. The van der Waals surface area contributed by atoms with Crippen LogP contribution in [0.4, 0.5) is 4.79 Å². The van der Waals surface area contributed by atoms with E-state index in [9.17, 15) is 9.59 Å². The molecule has 11 heteroatoms. The summed E-state index contributed by atoms with van der Waals surface area (Å²) < 4.78 is 0. The SMILES string of the molecule is O=Cc1cccnc1Sc1c(Cl)cc(-c2nn[nH]n2)cc1CNC(=O)O. The van der Waals surface area contributed by atoms with E-state index in [0.717, 1.165) is 0 Å². The highest BCUT2D eigenvalue weighted by atomic mass is 35.5. The molecule has 1 aromatic carbocycles. The number of nitrogens with one attached hydrogen (secondary N) is 2. The van der Waals surface area contributed by atoms with Gasteiger partial charge in [0, 0.05) is 28.8 Å². The van der Waals surface area contributed by atoms with Crippen LogP contribution in [0.25, 0.3) is 11.4 Å². The molecule has 0 aliphatic carbocycles. The number of hydrogen-bond donors (Lipinski definition) is 3. The van der Waals surface area contributed by atoms with E-state index in [1.807, 2.05) is 0 Å². The molecule has 0 fully saturated rings. The van der Waals surface area contributed by atoms with Gasteiger partial charge < -0.3 is 10.4 Å². The highest BCUT2D eigenvalue weighted by molar-refractivity contribution is 7.99. The number of benzene rings is 1. The number of carbonyl (C=O) groups is 2. The van der Waals surface area contributed by atoms with Gasteiger partial charge in [0.2, 0.25) is 5.82 Å². The minimum Gasteiger partial charge on any atom is -0.465 e. The molecule has 9 nitrogen and oxygen atoms in total. The average Bonchev–Trinajstić information content (AvgIpc) is 3.17. The van der Waals surface area contributed by atoms with Gasteiger partial charge in [0.15, 0.2) is 6.29 Å². The standard InChI is InChI=1S/C15H11ClN6O3S/c16-11-5-9(13-19-21-22-20-13)4-10(6-18-15(24)25)12(11)26-14-8(7-23)2-1-3-17-14/h1-5,7,18H,6H2,(H,24,25)(H,19,20,21,22). The highest BCUT2D eigenvalue weighted by Gasteiger charge is 2.17. The number of H-pyrrole nitrogens is 1. The maximum atomic E-state index is 11.2. The molecule has 3 rings (SSSR count). The van der Waals surface area contributed by atoms with Gasteiger partial charge in [-0.2, -0.15) is 5.21 Å². The molecule has 0 radical (unpaired) electrons. The topological polar surface area (TPSA) is 134 Å². The quantitative estimate of drug-likeness (QED) is 0.547. The van der Waals surface area contributed by atoms with Crippen LogP contribution in [0, 0.1) is 0 Å². The number of amides is 1. The fraction of sp³-hybridized carbons (Fsp3) is 0.0667. The Morgan fingerprint density at radius 3 is 2.96 bits per heavy atom. The molecule has 26 heavy (non-hydrogen) atoms. The molecule has 2 heterocycles. The first-order chi connectivity index (χ1) is 12.6. The first-order valence-corrected chi connectivity index (χ1v) is 8.39. The Labute approximate surface area is 156 Å². The fourth-order valence-electron chi connectivity index (χ4n) is 2.15. The van der Waals surface area contributed by atoms with Crippen molar-refractivity contribution in [2.75, 3.05) is 0 Å². The van der Waals surface area contributed by atoms with Crippen molar-refractivity contribution in [1.82, 2.24) is 30.9 Å². The Balaban J connectivity index is 2.04. The molecule has 0 aliphatic rings. The van der Waals surface area contributed by atoms with Gasteiger partial charge in [-0.25, -0.2) is 9.78 Å². The minimum absolute atomic E-state index is 0.00628. The first-order valence-electron chi connectivity index (χ1n) is 7.19. The predicted molar refractivity (Wildman–Crippen MR) is 93.2 cm³/mol. The Kier molecular flexibility index (Phi) is 5.44. The van der Waals surface area contributed by atoms with E-state index < -0.39 is 6.09 Å². The van der Waals surface area contributed by atoms with Crippen molar-refractivity contribution in [2.24, 2.45) is 0 Å². The molecule has 0 bridgehead atoms. The van der Waals surface area contributed by atoms with Gasteiger partial charge in [-0.05, 0) is 35.0 Å². The zero-order valence-corrected chi connectivity index (χ0v) is 14.6. The first kappa shape index (κ1) is 17.8. The maximum Gasteiger partial charge on any atom is 0.404 e. The van der Waals surface area contributed by atoms with Crippen molar-refractivity contribution >= 4 is 35.7 Å². The van der Waals surface area contributed by atoms with Crippen molar-refractivity contribution in [3.8, 4) is 11.4 Å². The van der Waals surface area contributed by atoms with E-state index in [1.54, 1.807) is 30.5 Å². The second-order valence-corrected chi connectivity index (χ2v) is 6.36. The smallest absolute Gasteiger partial charge is 0.404 e. The number of aromatic amines is 1. The van der Waals surface area contributed by atoms with Crippen LogP contribution in [0.2, 0.25) is 5.02 Å². The van der Waals surface area contributed by atoms with Gasteiger partial charge in [0.25, 0.3) is 0 Å². The largest absolute Gasteiger partial charge is 0.465 e. The minimum atomic E-state index is -1.17. The van der Waals surface area contributed by atoms with Gasteiger partial charge in [-0.3, -0.25) is 4.79 Å². The van der Waals surface area contributed by atoms with Crippen LogP contribution < -0.4 is 5.32 Å². The average molecular weight is 391 g/mol. The third-order valence-corrected chi connectivity index (χ3v) is 4.91. The van der Waals surface area contributed by atoms with Crippen molar-refractivity contribution < 1.29 is 14.7 Å². The van der Waals surface area contributed by atoms with Crippen LogP contribution in [0.5, 0.6) is 0 Å². The van der Waals surface area contributed by atoms with E-state index in [1.165, 1.54) is 11.8 Å². The number of rotatable bonds is 6. The van der Waals surface area contributed by atoms with Gasteiger partial charge in [0.1, 0.15) is 5.03 Å². The van der Waals surface area contributed by atoms with E-state index in [0.29, 0.717) is 43.7 Å². The molecule has 0 saturated heterocycles. The molecule has 0 atom stereocenters. The van der Waals surface area contributed by atoms with Crippen LogP contribution in [-0.2, 0) is 6.54 Å². The summed E-state index contributed by atoms with van der Waals surface area (Å²) in [7, 11) is 0. The van der Waals surface area contributed by atoms with E-state index in [-0.39, 0.29) is 6.54 Å². The zero-order valence-electron chi connectivity index (χ0n) is 13.0. The van der Waals surface area contributed by atoms with Gasteiger partial charge in [0.05, 0.1) is 5.02 Å². The molecular weight excluding hydrogens is 380 g/mol. The molecule has 132 valence electrons. The number of halogens is 1. The number of tetrazole rings is 1. The number of carbonyl (C=O) groups excluding carboxylic acids is 1. The number of carboxylic acid groups (broad SMARTS) is 1. The van der Waals surface area contributed by atoms with Crippen molar-refractivity contribution in [3.63, 3.8) is 0 Å². The molecule has 3 N–H and O–H groups in total. The summed E-state index contributed by atoms with van der Waals surface area (Å²) in [6.07, 6.45) is 1.09. The lowest BCUT2D eigenvalue weighted by atomic mass is 10.1. The second-order valence-electron chi connectivity index (χ2n) is 4.96. The van der Waals surface area contributed by atoms with Crippen molar-refractivity contribution in [2.45, 2.75) is 16.5 Å². The summed E-state index contributed by atoms with van der Waals surface area (Å²) in [5, 5.41) is 25.7. The molecule has 0 saturated carbocycles. The van der Waals surface area contributed by atoms with Crippen LogP contribution in [0.3, 0.4) is 0 Å². The Bertz CT molecular complexity index is 951. The lowest BCUT2D eigenvalue weighted by Gasteiger charge is -2.13. The van der Waals surface area contributed by atoms with Crippen molar-refractivity contribution in [3.05, 3.63) is 46.6 Å². The van der Waals surface area contributed by atoms with E-state index in [4.69, 9.17) is 16.7 Å². The van der Waals surface area contributed by atoms with Crippen molar-refractivity contribution in [1.29, 1.82) is 0 Å². The molecule has 0 unspecified atom stereocenters. The summed E-state index contributed by atoms with van der Waals surface area (Å²) in [6, 6.07) is 6.64. The summed E-state index contributed by atoms with van der Waals surface area (Å²) in [5.74, 6) is 0.325. The number of aldehydes is 1. The van der Waals surface area contributed by atoms with Gasteiger partial charge in [-0.1, -0.05) is 23.4 Å². The van der Waals surface area contributed by atoms with Crippen LogP contribution in [0.15, 0.2) is 40.4 Å². The molecule has 3 aromatic rings. The summed E-state index contributed by atoms with van der Waals surface area (Å²) in [4.78, 5) is 26.9. The molecule has 1 amide bonds. The summed E-state index contributed by atoms with van der Waals surface area (Å²) in [6.45, 7) is 0.00628. The monoisotopic (exact) mass is 390 g/mol. The van der Waals surface area contributed by atoms with E-state index >= 15 is 0 Å². The summed E-state index contributed by atoms with van der Waals surface area (Å²) in [5.41, 5.74) is 1.58. The van der Waals surface area contributed by atoms with E-state index in [2.05, 4.69) is 30.9 Å². The Morgan fingerprint density at radius 2 is 2.27 bits per heavy atom. The highest BCUT2D eigenvalue weighted by Crippen LogP contribution is 2.38. The molecular formula is C15H11ClN6O3S. The third kappa shape index (κ3) is 3.98. The van der Waals surface area contributed by atoms with Gasteiger partial charge in [-0.15, -0.1) is 10.2 Å². The van der Waals surface area contributed by atoms with Crippen LogP contribution in [-0.4, -0.2) is 43.1 Å².